The molecule has 3 nitrogen and oxygen atoms in total. The van der Waals surface area contributed by atoms with Crippen LogP contribution in [0.1, 0.15) is 27.0 Å². The molecule has 1 aromatic rings. The van der Waals surface area contributed by atoms with E-state index in [1.165, 1.54) is 0 Å². The molecule has 0 unspecified atom stereocenters. The molecule has 1 N–H and O–H groups in total. The Morgan fingerprint density at radius 2 is 1.83 bits per heavy atom. The van der Waals surface area contributed by atoms with Crippen LogP contribution in [0.5, 0.6) is 5.75 Å². The molecule has 1 saturated heterocycles. The largest absolute Gasteiger partial charge is 0.496 e. The van der Waals surface area contributed by atoms with Gasteiger partial charge in [0.2, 0.25) is 0 Å². The lowest BCUT2D eigenvalue weighted by molar-refractivity contribution is 0.0874. The van der Waals surface area contributed by atoms with E-state index in [1.807, 2.05) is 20.8 Å². The maximum atomic E-state index is 12.5. The second-order valence-corrected chi connectivity index (χ2v) is 5.19. The summed E-state index contributed by atoms with van der Waals surface area (Å²) < 4.78 is 5.43. The number of rotatable bonds is 3. The van der Waals surface area contributed by atoms with E-state index in [-0.39, 0.29) is 11.7 Å². The summed E-state index contributed by atoms with van der Waals surface area (Å²) in [6.07, 6.45) is 0. The maximum absolute atomic E-state index is 12.5. The first-order valence-corrected chi connectivity index (χ1v) is 6.45. The zero-order valence-electron chi connectivity index (χ0n) is 11.2. The van der Waals surface area contributed by atoms with Gasteiger partial charge in [0.25, 0.3) is 0 Å². The minimum Gasteiger partial charge on any atom is -0.496 e. The van der Waals surface area contributed by atoms with E-state index in [4.69, 9.17) is 16.3 Å². The Hall–Kier alpha value is -1.06. The summed E-state index contributed by atoms with van der Waals surface area (Å²) in [6.45, 7) is 7.26. The third-order valence-corrected chi connectivity index (χ3v) is 4.33. The molecule has 1 aromatic carbocycles. The standard InChI is InChI=1S/C14H18ClNO2/c1-7-8(2)14(18-4)11(9(3)12(7)15)13(17)10-5-16-6-10/h10,16H,5-6H2,1-4H3. The number of benzene rings is 1. The van der Waals surface area contributed by atoms with Gasteiger partial charge in [-0.2, -0.15) is 0 Å². The van der Waals surface area contributed by atoms with Crippen LogP contribution in [0.3, 0.4) is 0 Å². The summed E-state index contributed by atoms with van der Waals surface area (Å²) in [5.41, 5.74) is 3.41. The van der Waals surface area contributed by atoms with Gasteiger partial charge in [-0.3, -0.25) is 4.79 Å². The van der Waals surface area contributed by atoms with E-state index in [0.717, 1.165) is 29.8 Å². The first-order valence-electron chi connectivity index (χ1n) is 6.07. The van der Waals surface area contributed by atoms with Crippen LogP contribution in [0.25, 0.3) is 0 Å². The molecule has 0 saturated carbocycles. The monoisotopic (exact) mass is 267 g/mol. The SMILES string of the molecule is COc1c(C)c(C)c(Cl)c(C)c1C(=O)C1CNC1. The number of hydrogen-bond acceptors (Lipinski definition) is 3. The lowest BCUT2D eigenvalue weighted by atomic mass is 9.87. The Morgan fingerprint density at radius 3 is 2.28 bits per heavy atom. The number of methoxy groups -OCH3 is 1. The van der Waals surface area contributed by atoms with Crippen molar-refractivity contribution in [3.05, 3.63) is 27.3 Å². The van der Waals surface area contributed by atoms with Gasteiger partial charge in [0.1, 0.15) is 5.75 Å². The van der Waals surface area contributed by atoms with Crippen molar-refractivity contribution < 1.29 is 9.53 Å². The molecule has 0 aromatic heterocycles. The number of hydrogen-bond donors (Lipinski definition) is 1. The molecule has 4 heteroatoms. The van der Waals surface area contributed by atoms with Crippen molar-refractivity contribution in [1.82, 2.24) is 5.32 Å². The van der Waals surface area contributed by atoms with Gasteiger partial charge in [-0.05, 0) is 37.5 Å². The summed E-state index contributed by atoms with van der Waals surface area (Å²) >= 11 is 6.30. The van der Waals surface area contributed by atoms with Crippen molar-refractivity contribution in [3.63, 3.8) is 0 Å². The maximum Gasteiger partial charge on any atom is 0.172 e. The highest BCUT2D eigenvalue weighted by molar-refractivity contribution is 6.33. The van der Waals surface area contributed by atoms with Gasteiger partial charge < -0.3 is 10.1 Å². The molecular weight excluding hydrogens is 250 g/mol. The Bertz CT molecular complexity index is 507. The molecule has 18 heavy (non-hydrogen) atoms. The smallest absolute Gasteiger partial charge is 0.172 e. The summed E-state index contributed by atoms with van der Waals surface area (Å²) in [5, 5.41) is 3.79. The first kappa shape index (κ1) is 13.4. The number of ether oxygens (including phenoxy) is 1. The van der Waals surface area contributed by atoms with E-state index >= 15 is 0 Å². The van der Waals surface area contributed by atoms with E-state index in [0.29, 0.717) is 16.3 Å². The fraction of sp³-hybridized carbons (Fsp3) is 0.500. The van der Waals surface area contributed by atoms with Crippen molar-refractivity contribution >= 4 is 17.4 Å². The van der Waals surface area contributed by atoms with E-state index in [2.05, 4.69) is 5.32 Å². The fourth-order valence-electron chi connectivity index (χ4n) is 2.31. The summed E-state index contributed by atoms with van der Waals surface area (Å²) in [6, 6.07) is 0. The van der Waals surface area contributed by atoms with Gasteiger partial charge in [-0.15, -0.1) is 0 Å². The van der Waals surface area contributed by atoms with Gasteiger partial charge in [0.05, 0.1) is 12.7 Å². The van der Waals surface area contributed by atoms with Gasteiger partial charge in [-0.1, -0.05) is 11.6 Å². The molecule has 2 rings (SSSR count). The fourth-order valence-corrected chi connectivity index (χ4v) is 2.55. The molecule has 0 aliphatic carbocycles. The van der Waals surface area contributed by atoms with Crippen LogP contribution in [-0.2, 0) is 0 Å². The molecule has 1 aliphatic rings. The predicted molar refractivity (Wildman–Crippen MR) is 72.9 cm³/mol. The Kier molecular flexibility index (Phi) is 3.64. The molecule has 0 amide bonds. The first-order chi connectivity index (χ1) is 8.49. The van der Waals surface area contributed by atoms with Crippen molar-refractivity contribution in [2.45, 2.75) is 20.8 Å². The zero-order chi connectivity index (χ0) is 13.4. The van der Waals surface area contributed by atoms with Crippen LogP contribution in [-0.4, -0.2) is 26.0 Å². The molecule has 98 valence electrons. The minimum absolute atomic E-state index is 0.0516. The van der Waals surface area contributed by atoms with Crippen LogP contribution < -0.4 is 10.1 Å². The average Bonchev–Trinajstić information content (AvgIpc) is 2.28. The minimum atomic E-state index is 0.0516. The van der Waals surface area contributed by atoms with Gasteiger partial charge in [0.15, 0.2) is 5.78 Å². The van der Waals surface area contributed by atoms with Crippen molar-refractivity contribution in [1.29, 1.82) is 0 Å². The highest BCUT2D eigenvalue weighted by atomic mass is 35.5. The van der Waals surface area contributed by atoms with E-state index in [1.54, 1.807) is 7.11 Å². The van der Waals surface area contributed by atoms with Crippen LogP contribution in [0.4, 0.5) is 0 Å². The summed E-state index contributed by atoms with van der Waals surface area (Å²) in [4.78, 5) is 12.5. The van der Waals surface area contributed by atoms with Crippen molar-refractivity contribution in [2.75, 3.05) is 20.2 Å². The van der Waals surface area contributed by atoms with Crippen LogP contribution >= 0.6 is 11.6 Å². The van der Waals surface area contributed by atoms with Crippen LogP contribution in [0, 0.1) is 26.7 Å². The van der Waals surface area contributed by atoms with Crippen LogP contribution in [0.15, 0.2) is 0 Å². The second kappa shape index (κ2) is 4.90. The topological polar surface area (TPSA) is 38.3 Å². The lowest BCUT2D eigenvalue weighted by Crippen LogP contribution is -2.46. The van der Waals surface area contributed by atoms with Crippen molar-refractivity contribution in [3.8, 4) is 5.75 Å². The predicted octanol–water partition coefficient (Wildman–Crippen LogP) is 2.68. The molecule has 1 heterocycles. The van der Waals surface area contributed by atoms with E-state index < -0.39 is 0 Å². The molecule has 0 spiro atoms. The normalized spacial score (nSPS) is 15.4. The Morgan fingerprint density at radius 1 is 1.22 bits per heavy atom. The van der Waals surface area contributed by atoms with Crippen molar-refractivity contribution in [2.24, 2.45) is 5.92 Å². The number of Topliss-reactive ketones (excluding diaryl/α,β-unsaturated/α-hetero) is 1. The highest BCUT2D eigenvalue weighted by Gasteiger charge is 2.31. The molecule has 0 radical (unpaired) electrons. The van der Waals surface area contributed by atoms with Gasteiger partial charge in [-0.25, -0.2) is 0 Å². The number of carbonyl (C=O) groups excluding carboxylic acids is 1. The van der Waals surface area contributed by atoms with Crippen LogP contribution in [0.2, 0.25) is 5.02 Å². The molecule has 0 bridgehead atoms. The Balaban J connectivity index is 2.60. The number of carbonyl (C=O) groups is 1. The third kappa shape index (κ3) is 1.91. The lowest BCUT2D eigenvalue weighted by Gasteiger charge is -2.28. The quantitative estimate of drug-likeness (QED) is 0.856. The summed E-state index contributed by atoms with van der Waals surface area (Å²) in [7, 11) is 1.60. The second-order valence-electron chi connectivity index (χ2n) is 4.82. The van der Waals surface area contributed by atoms with Gasteiger partial charge >= 0.3 is 0 Å². The zero-order valence-corrected chi connectivity index (χ0v) is 11.9. The average molecular weight is 268 g/mol. The van der Waals surface area contributed by atoms with E-state index in [9.17, 15) is 4.79 Å². The number of nitrogens with one attached hydrogen (secondary N) is 1. The summed E-state index contributed by atoms with van der Waals surface area (Å²) in [5.74, 6) is 0.857. The highest BCUT2D eigenvalue weighted by Crippen LogP contribution is 2.37. The molecular formula is C14H18ClNO2. The third-order valence-electron chi connectivity index (χ3n) is 3.77. The van der Waals surface area contributed by atoms with Gasteiger partial charge in [0, 0.05) is 24.0 Å². The Labute approximate surface area is 112 Å². The number of halogens is 1. The molecule has 1 fully saturated rings. The number of ketones is 1. The molecule has 1 aliphatic heterocycles. The molecule has 0 atom stereocenters.